The lowest BCUT2D eigenvalue weighted by atomic mass is 9.76. The first-order valence-corrected chi connectivity index (χ1v) is 12.4. The Morgan fingerprint density at radius 3 is 2.50 bits per heavy atom. The molecule has 0 aliphatic carbocycles. The Bertz CT molecular complexity index is 1370. The van der Waals surface area contributed by atoms with E-state index in [1.165, 1.54) is 37.3 Å². The van der Waals surface area contributed by atoms with Crippen LogP contribution in [0.1, 0.15) is 22.8 Å². The van der Waals surface area contributed by atoms with Crippen molar-refractivity contribution in [2.75, 3.05) is 39.5 Å². The van der Waals surface area contributed by atoms with Gasteiger partial charge in [-0.05, 0) is 49.2 Å². The summed E-state index contributed by atoms with van der Waals surface area (Å²) in [5, 5.41) is 1.06. The fourth-order valence-corrected chi connectivity index (χ4v) is 4.37. The average Bonchev–Trinajstić information content (AvgIpc) is 2.92. The van der Waals surface area contributed by atoms with Crippen LogP contribution in [0.25, 0.3) is 10.9 Å². The van der Waals surface area contributed by atoms with Gasteiger partial charge in [-0.25, -0.2) is 14.6 Å². The zero-order valence-corrected chi connectivity index (χ0v) is 21.5. The third-order valence-electron chi connectivity index (χ3n) is 6.35. The number of carbonyl (C=O) groups is 3. The molecular weight excluding hydrogens is 516 g/mol. The molecule has 2 heterocycles. The molecule has 0 radical (unpaired) electrons. The van der Waals surface area contributed by atoms with Gasteiger partial charge in [0.2, 0.25) is 5.56 Å². The van der Waals surface area contributed by atoms with Gasteiger partial charge in [0.05, 0.1) is 13.2 Å². The van der Waals surface area contributed by atoms with Crippen LogP contribution in [0.5, 0.6) is 0 Å². The van der Waals surface area contributed by atoms with Crippen LogP contribution >= 0.6 is 11.6 Å². The van der Waals surface area contributed by atoms with E-state index in [0.717, 1.165) is 13.1 Å². The first kappa shape index (κ1) is 27.3. The Hall–Kier alpha value is -3.73. The van der Waals surface area contributed by atoms with Crippen LogP contribution < -0.4 is 5.56 Å². The standard InChI is InChI=1S/C27H27ClN2O8/c1-27(24(32)18-6-8-20(28)9-7-18,17-19-16-23(31)29-22-5-3-2-4-21(19)22)25(33)37-38-26(34)36-15-12-30-10-13-35-14-11-30/h2-9,16H,10-15,17H2,1H3,(H,29,31). The Balaban J connectivity index is 1.51. The third-order valence-corrected chi connectivity index (χ3v) is 6.61. The third kappa shape index (κ3) is 6.58. The van der Waals surface area contributed by atoms with Crippen LogP contribution in [0.3, 0.4) is 0 Å². The van der Waals surface area contributed by atoms with Crippen molar-refractivity contribution < 1.29 is 33.6 Å². The Morgan fingerprint density at radius 1 is 1.05 bits per heavy atom. The number of para-hydroxylation sites is 1. The van der Waals surface area contributed by atoms with E-state index in [1.807, 2.05) is 0 Å². The van der Waals surface area contributed by atoms with Crippen molar-refractivity contribution in [2.45, 2.75) is 13.3 Å². The van der Waals surface area contributed by atoms with Crippen LogP contribution in [0, 0.1) is 5.41 Å². The summed E-state index contributed by atoms with van der Waals surface area (Å²) in [4.78, 5) is 65.5. The predicted octanol–water partition coefficient (Wildman–Crippen LogP) is 3.56. The van der Waals surface area contributed by atoms with Gasteiger partial charge in [0.25, 0.3) is 0 Å². The van der Waals surface area contributed by atoms with E-state index >= 15 is 0 Å². The number of Topliss-reactive ketones (excluding diaryl/α,β-unsaturated/α-hetero) is 1. The van der Waals surface area contributed by atoms with Gasteiger partial charge in [0.15, 0.2) is 5.78 Å². The molecule has 1 atom stereocenters. The number of morpholine rings is 1. The van der Waals surface area contributed by atoms with Crippen LogP contribution in [0.15, 0.2) is 59.4 Å². The van der Waals surface area contributed by atoms with Crippen molar-refractivity contribution in [3.8, 4) is 0 Å². The van der Waals surface area contributed by atoms with E-state index in [9.17, 15) is 19.2 Å². The van der Waals surface area contributed by atoms with Crippen LogP contribution in [-0.4, -0.2) is 67.2 Å². The van der Waals surface area contributed by atoms with Crippen molar-refractivity contribution in [2.24, 2.45) is 5.41 Å². The average molecular weight is 543 g/mol. The van der Waals surface area contributed by atoms with Gasteiger partial charge in [0, 0.05) is 47.2 Å². The molecule has 0 amide bonds. The smallest absolute Gasteiger partial charge is 0.430 e. The maximum atomic E-state index is 13.6. The fraction of sp³-hybridized carbons (Fsp3) is 0.333. The summed E-state index contributed by atoms with van der Waals surface area (Å²) in [6.07, 6.45) is -1.41. The maximum Gasteiger partial charge on any atom is 0.549 e. The van der Waals surface area contributed by atoms with Crippen molar-refractivity contribution in [1.29, 1.82) is 0 Å². The van der Waals surface area contributed by atoms with Gasteiger partial charge in [-0.15, -0.1) is 0 Å². The number of benzene rings is 2. The summed E-state index contributed by atoms with van der Waals surface area (Å²) < 4.78 is 10.3. The van der Waals surface area contributed by atoms with Crippen molar-refractivity contribution in [1.82, 2.24) is 9.88 Å². The minimum absolute atomic E-state index is 0.0239. The second-order valence-electron chi connectivity index (χ2n) is 9.06. The number of halogens is 1. The first-order valence-electron chi connectivity index (χ1n) is 12.0. The molecule has 1 aliphatic heterocycles. The number of hydrogen-bond acceptors (Lipinski definition) is 9. The number of aromatic nitrogens is 1. The minimum Gasteiger partial charge on any atom is -0.430 e. The molecule has 11 heteroatoms. The molecule has 4 rings (SSSR count). The second kappa shape index (κ2) is 12.2. The summed E-state index contributed by atoms with van der Waals surface area (Å²) in [5.74, 6) is -1.72. The zero-order valence-electron chi connectivity index (χ0n) is 20.7. The quantitative estimate of drug-likeness (QED) is 0.149. The largest absolute Gasteiger partial charge is 0.549 e. The Labute approximate surface area is 223 Å². The lowest BCUT2D eigenvalue weighted by Crippen LogP contribution is -2.41. The molecular formula is C27H27ClN2O8. The monoisotopic (exact) mass is 542 g/mol. The molecule has 1 N–H and O–H groups in total. The zero-order chi connectivity index (χ0) is 27.1. The van der Waals surface area contributed by atoms with Crippen LogP contribution in [-0.2, 0) is 30.5 Å². The highest BCUT2D eigenvalue weighted by molar-refractivity contribution is 6.30. The first-order chi connectivity index (χ1) is 18.3. The van der Waals surface area contributed by atoms with E-state index in [4.69, 9.17) is 26.0 Å². The van der Waals surface area contributed by atoms with E-state index in [0.29, 0.717) is 41.2 Å². The predicted molar refractivity (Wildman–Crippen MR) is 138 cm³/mol. The van der Waals surface area contributed by atoms with Gasteiger partial charge in [-0.2, -0.15) is 4.79 Å². The lowest BCUT2D eigenvalue weighted by molar-refractivity contribution is -0.250. The molecule has 38 heavy (non-hydrogen) atoms. The number of rotatable bonds is 8. The Morgan fingerprint density at radius 2 is 1.76 bits per heavy atom. The summed E-state index contributed by atoms with van der Waals surface area (Å²) in [6.45, 7) is 4.50. The van der Waals surface area contributed by atoms with Crippen molar-refractivity contribution in [3.63, 3.8) is 0 Å². The molecule has 1 fully saturated rings. The highest BCUT2D eigenvalue weighted by Gasteiger charge is 2.45. The fourth-order valence-electron chi connectivity index (χ4n) is 4.24. The van der Waals surface area contributed by atoms with Crippen molar-refractivity contribution in [3.05, 3.63) is 81.1 Å². The highest BCUT2D eigenvalue weighted by Crippen LogP contribution is 2.32. The van der Waals surface area contributed by atoms with E-state index in [-0.39, 0.29) is 18.6 Å². The molecule has 1 unspecified atom stereocenters. The van der Waals surface area contributed by atoms with Crippen LogP contribution in [0.2, 0.25) is 5.02 Å². The summed E-state index contributed by atoms with van der Waals surface area (Å²) in [5.41, 5.74) is -1.08. The molecule has 1 aromatic heterocycles. The van der Waals surface area contributed by atoms with Gasteiger partial charge < -0.3 is 14.5 Å². The number of nitrogens with zero attached hydrogens (tertiary/aromatic N) is 1. The number of fused-ring (bicyclic) bond motifs is 1. The number of H-pyrrole nitrogens is 1. The summed E-state index contributed by atoms with van der Waals surface area (Å²) in [6, 6.07) is 14.3. The molecule has 1 aliphatic rings. The molecule has 200 valence electrons. The number of carbonyl (C=O) groups excluding carboxylic acids is 3. The van der Waals surface area contributed by atoms with Gasteiger partial charge >= 0.3 is 12.1 Å². The number of ketones is 1. The van der Waals surface area contributed by atoms with Crippen molar-refractivity contribution >= 4 is 40.4 Å². The SMILES string of the molecule is CC(Cc1cc(=O)[nH]c2ccccc12)(C(=O)OOC(=O)OCCN1CCOCC1)C(=O)c1ccc(Cl)cc1. The molecule has 0 bridgehead atoms. The maximum absolute atomic E-state index is 13.6. The normalized spacial score (nSPS) is 15.4. The highest BCUT2D eigenvalue weighted by atomic mass is 35.5. The lowest BCUT2D eigenvalue weighted by Gasteiger charge is -2.26. The molecule has 0 saturated carbocycles. The van der Waals surface area contributed by atoms with Gasteiger partial charge in [0.1, 0.15) is 12.0 Å². The molecule has 10 nitrogen and oxygen atoms in total. The number of ether oxygens (including phenoxy) is 2. The van der Waals surface area contributed by atoms with Crippen LogP contribution in [0.4, 0.5) is 4.79 Å². The van der Waals surface area contributed by atoms with Gasteiger partial charge in [-0.1, -0.05) is 29.8 Å². The number of pyridine rings is 1. The minimum atomic E-state index is -1.86. The second-order valence-corrected chi connectivity index (χ2v) is 9.49. The Kier molecular flexibility index (Phi) is 8.77. The summed E-state index contributed by atoms with van der Waals surface area (Å²) in [7, 11) is 0. The molecule has 1 saturated heterocycles. The van der Waals surface area contributed by atoms with E-state index in [1.54, 1.807) is 24.3 Å². The van der Waals surface area contributed by atoms with Gasteiger partial charge in [-0.3, -0.25) is 14.5 Å². The summed E-state index contributed by atoms with van der Waals surface area (Å²) >= 11 is 5.96. The number of aromatic amines is 1. The molecule has 0 spiro atoms. The molecule has 3 aromatic rings. The topological polar surface area (TPSA) is 124 Å². The van der Waals surface area contributed by atoms with E-state index < -0.39 is 28.9 Å². The number of nitrogens with one attached hydrogen (secondary N) is 1. The molecule has 2 aromatic carbocycles. The number of hydrogen-bond donors (Lipinski definition) is 1. The van der Waals surface area contributed by atoms with E-state index in [2.05, 4.69) is 14.8 Å².